The van der Waals surface area contributed by atoms with Crippen molar-refractivity contribution in [2.75, 3.05) is 32.8 Å². The Morgan fingerprint density at radius 2 is 2.03 bits per heavy atom. The van der Waals surface area contributed by atoms with E-state index in [1.54, 1.807) is 0 Å². The van der Waals surface area contributed by atoms with E-state index in [4.69, 9.17) is 9.72 Å². The number of carbonyl (C=O) groups is 1. The van der Waals surface area contributed by atoms with Crippen LogP contribution >= 0.6 is 11.3 Å². The minimum atomic E-state index is 0.0660. The fourth-order valence-electron chi connectivity index (χ4n) is 3.73. The highest BCUT2D eigenvalue weighted by atomic mass is 32.1. The van der Waals surface area contributed by atoms with Crippen LogP contribution < -0.4 is 10.1 Å². The number of hydrogen-bond acceptors (Lipinski definition) is 5. The van der Waals surface area contributed by atoms with Crippen LogP contribution in [0.15, 0.2) is 48.5 Å². The van der Waals surface area contributed by atoms with Gasteiger partial charge in [-0.15, -0.1) is 11.3 Å². The summed E-state index contributed by atoms with van der Waals surface area (Å²) in [5.74, 6) is 1.42. The Morgan fingerprint density at radius 1 is 1.21 bits per heavy atom. The van der Waals surface area contributed by atoms with Crippen LogP contribution in [-0.4, -0.2) is 48.6 Å². The van der Waals surface area contributed by atoms with Gasteiger partial charge in [0.05, 0.1) is 28.3 Å². The third kappa shape index (κ3) is 5.34. The van der Waals surface area contributed by atoms with E-state index in [1.165, 1.54) is 15.3 Å². The number of benzene rings is 2. The van der Waals surface area contributed by atoms with Crippen LogP contribution in [0.1, 0.15) is 29.3 Å². The molecule has 1 saturated heterocycles. The fraction of sp³-hybridized carbons (Fsp3) is 0.391. The summed E-state index contributed by atoms with van der Waals surface area (Å²) in [7, 11) is 0. The van der Waals surface area contributed by atoms with Crippen molar-refractivity contribution in [3.8, 4) is 5.75 Å². The second-order valence-corrected chi connectivity index (χ2v) is 8.65. The zero-order valence-electron chi connectivity index (χ0n) is 16.8. The van der Waals surface area contributed by atoms with Crippen LogP contribution in [0, 0.1) is 6.92 Å². The minimum Gasteiger partial charge on any atom is -0.492 e. The number of hydrogen-bond donors (Lipinski definition) is 1. The Labute approximate surface area is 175 Å². The molecule has 29 heavy (non-hydrogen) atoms. The standard InChI is InChI=1S/C23H27N3O2S/c1-17-5-4-6-19(15-17)28-14-11-24-22(27)16-26-12-9-18(10-13-26)23-25-20-7-2-3-8-21(20)29-23/h2-8,15,18H,9-14,16H2,1H3,(H,24,27). The first-order chi connectivity index (χ1) is 14.2. The topological polar surface area (TPSA) is 54.5 Å². The first-order valence-corrected chi connectivity index (χ1v) is 11.0. The molecule has 2 heterocycles. The Kier molecular flexibility index (Phi) is 6.42. The molecule has 1 amide bonds. The van der Waals surface area contributed by atoms with Crippen LogP contribution in [0.2, 0.25) is 0 Å². The molecule has 1 N–H and O–H groups in total. The van der Waals surface area contributed by atoms with Crippen LogP contribution in [0.4, 0.5) is 0 Å². The predicted octanol–water partition coefficient (Wildman–Crippen LogP) is 3.98. The molecule has 3 aromatic rings. The number of nitrogens with zero attached hydrogens (tertiary/aromatic N) is 2. The SMILES string of the molecule is Cc1cccc(OCCNC(=O)CN2CCC(c3nc4ccccc4s3)CC2)c1. The first kappa shape index (κ1) is 19.9. The number of amides is 1. The van der Waals surface area contributed by atoms with Crippen molar-refractivity contribution in [3.63, 3.8) is 0 Å². The molecule has 0 radical (unpaired) electrons. The van der Waals surface area contributed by atoms with Gasteiger partial charge in [0.15, 0.2) is 0 Å². The predicted molar refractivity (Wildman–Crippen MR) is 118 cm³/mol. The Bertz CT molecular complexity index is 930. The van der Waals surface area contributed by atoms with E-state index < -0.39 is 0 Å². The average molecular weight is 410 g/mol. The number of piperidine rings is 1. The lowest BCUT2D eigenvalue weighted by atomic mass is 9.97. The van der Waals surface area contributed by atoms with Crippen molar-refractivity contribution in [1.29, 1.82) is 0 Å². The van der Waals surface area contributed by atoms with Gasteiger partial charge < -0.3 is 10.1 Å². The van der Waals surface area contributed by atoms with E-state index in [0.717, 1.165) is 37.2 Å². The van der Waals surface area contributed by atoms with Gasteiger partial charge in [0, 0.05) is 5.92 Å². The van der Waals surface area contributed by atoms with E-state index in [-0.39, 0.29) is 5.91 Å². The van der Waals surface area contributed by atoms with Gasteiger partial charge in [-0.3, -0.25) is 9.69 Å². The van der Waals surface area contributed by atoms with E-state index in [1.807, 2.05) is 48.6 Å². The van der Waals surface area contributed by atoms with Crippen molar-refractivity contribution in [1.82, 2.24) is 15.2 Å². The summed E-state index contributed by atoms with van der Waals surface area (Å²) in [6.45, 7) is 5.37. The Morgan fingerprint density at radius 3 is 2.83 bits per heavy atom. The molecule has 152 valence electrons. The maximum atomic E-state index is 12.2. The van der Waals surface area contributed by atoms with E-state index in [0.29, 0.717) is 25.6 Å². The molecule has 0 bridgehead atoms. The largest absolute Gasteiger partial charge is 0.492 e. The summed E-state index contributed by atoms with van der Waals surface area (Å²) in [5, 5.41) is 4.20. The molecule has 0 spiro atoms. The molecule has 0 saturated carbocycles. The molecular weight excluding hydrogens is 382 g/mol. The molecule has 0 atom stereocenters. The van der Waals surface area contributed by atoms with Crippen LogP contribution in [0.5, 0.6) is 5.75 Å². The number of thiazole rings is 1. The average Bonchev–Trinajstić information content (AvgIpc) is 3.16. The summed E-state index contributed by atoms with van der Waals surface area (Å²) < 4.78 is 6.94. The molecule has 5 nitrogen and oxygen atoms in total. The second kappa shape index (κ2) is 9.37. The van der Waals surface area contributed by atoms with Gasteiger partial charge in [0.2, 0.25) is 5.91 Å². The lowest BCUT2D eigenvalue weighted by Gasteiger charge is -2.30. The number of likely N-dealkylation sites (tertiary alicyclic amines) is 1. The number of para-hydroxylation sites is 1. The monoisotopic (exact) mass is 409 g/mol. The minimum absolute atomic E-state index is 0.0660. The number of aromatic nitrogens is 1. The fourth-order valence-corrected chi connectivity index (χ4v) is 4.86. The molecule has 1 aromatic heterocycles. The van der Waals surface area contributed by atoms with E-state index >= 15 is 0 Å². The number of fused-ring (bicyclic) bond motifs is 1. The molecule has 1 aliphatic rings. The van der Waals surface area contributed by atoms with Gasteiger partial charge in [0.25, 0.3) is 0 Å². The maximum Gasteiger partial charge on any atom is 0.234 e. The molecule has 6 heteroatoms. The van der Waals surface area contributed by atoms with Crippen LogP contribution in [0.25, 0.3) is 10.2 Å². The van der Waals surface area contributed by atoms with Crippen LogP contribution in [-0.2, 0) is 4.79 Å². The second-order valence-electron chi connectivity index (χ2n) is 7.59. The highest BCUT2D eigenvalue weighted by molar-refractivity contribution is 7.18. The van der Waals surface area contributed by atoms with Gasteiger partial charge in [-0.05, 0) is 62.7 Å². The Balaban J connectivity index is 1.17. The molecule has 0 aliphatic carbocycles. The van der Waals surface area contributed by atoms with Gasteiger partial charge in [-0.2, -0.15) is 0 Å². The molecule has 0 unspecified atom stereocenters. The lowest BCUT2D eigenvalue weighted by Crippen LogP contribution is -2.42. The number of nitrogens with one attached hydrogen (secondary N) is 1. The number of carbonyl (C=O) groups excluding carboxylic acids is 1. The van der Waals surface area contributed by atoms with Gasteiger partial charge in [-0.1, -0.05) is 24.3 Å². The molecule has 2 aromatic carbocycles. The zero-order chi connectivity index (χ0) is 20.1. The zero-order valence-corrected chi connectivity index (χ0v) is 17.6. The normalized spacial score (nSPS) is 15.5. The van der Waals surface area contributed by atoms with E-state index in [2.05, 4.69) is 28.4 Å². The molecular formula is C23H27N3O2S. The smallest absolute Gasteiger partial charge is 0.234 e. The molecule has 1 fully saturated rings. The molecule has 4 rings (SSSR count). The molecule has 1 aliphatic heterocycles. The van der Waals surface area contributed by atoms with Gasteiger partial charge in [-0.25, -0.2) is 4.98 Å². The summed E-state index contributed by atoms with van der Waals surface area (Å²) >= 11 is 1.81. The maximum absolute atomic E-state index is 12.2. The third-order valence-corrected chi connectivity index (χ3v) is 6.50. The van der Waals surface area contributed by atoms with Gasteiger partial charge >= 0.3 is 0 Å². The quantitative estimate of drug-likeness (QED) is 0.600. The number of ether oxygens (including phenoxy) is 1. The summed E-state index contributed by atoms with van der Waals surface area (Å²) in [4.78, 5) is 19.3. The first-order valence-electron chi connectivity index (χ1n) is 10.2. The summed E-state index contributed by atoms with van der Waals surface area (Å²) in [5.41, 5.74) is 2.27. The number of rotatable bonds is 7. The van der Waals surface area contributed by atoms with Gasteiger partial charge in [0.1, 0.15) is 12.4 Å². The van der Waals surface area contributed by atoms with E-state index in [9.17, 15) is 4.79 Å². The lowest BCUT2D eigenvalue weighted by molar-refractivity contribution is -0.122. The van der Waals surface area contributed by atoms with Crippen molar-refractivity contribution >= 4 is 27.5 Å². The highest BCUT2D eigenvalue weighted by Crippen LogP contribution is 2.33. The summed E-state index contributed by atoms with van der Waals surface area (Å²) in [6.07, 6.45) is 2.12. The number of aryl methyl sites for hydroxylation is 1. The summed E-state index contributed by atoms with van der Waals surface area (Å²) in [6, 6.07) is 16.3. The van der Waals surface area contributed by atoms with Crippen molar-refractivity contribution < 1.29 is 9.53 Å². The van der Waals surface area contributed by atoms with Crippen molar-refractivity contribution in [3.05, 3.63) is 59.1 Å². The highest BCUT2D eigenvalue weighted by Gasteiger charge is 2.24. The van der Waals surface area contributed by atoms with Crippen LogP contribution in [0.3, 0.4) is 0 Å². The third-order valence-electron chi connectivity index (χ3n) is 5.30. The van der Waals surface area contributed by atoms with Crippen molar-refractivity contribution in [2.45, 2.75) is 25.7 Å². The Hall–Kier alpha value is -2.44. The van der Waals surface area contributed by atoms with Crippen molar-refractivity contribution in [2.24, 2.45) is 0 Å².